The van der Waals surface area contributed by atoms with Gasteiger partial charge in [-0.15, -0.1) is 0 Å². The van der Waals surface area contributed by atoms with Crippen LogP contribution in [0.4, 0.5) is 0 Å². The Morgan fingerprint density at radius 1 is 0.581 bits per heavy atom. The van der Waals surface area contributed by atoms with E-state index in [0.717, 1.165) is 0 Å². The highest BCUT2D eigenvalue weighted by molar-refractivity contribution is 7.99. The summed E-state index contributed by atoms with van der Waals surface area (Å²) in [6.45, 7) is 2.75. The summed E-state index contributed by atoms with van der Waals surface area (Å²) in [6.07, 6.45) is 8.13. The lowest BCUT2D eigenvalue weighted by Crippen LogP contribution is -2.43. The molecule has 0 aliphatic heterocycles. The molecule has 0 bridgehead atoms. The molecule has 0 atom stereocenters. The van der Waals surface area contributed by atoms with E-state index >= 15 is 0 Å². The molecule has 0 aromatic rings. The van der Waals surface area contributed by atoms with Gasteiger partial charge in [0.2, 0.25) is 23.6 Å². The third-order valence-corrected chi connectivity index (χ3v) is 6.23. The van der Waals surface area contributed by atoms with Gasteiger partial charge < -0.3 is 20.4 Å². The second-order valence-electron chi connectivity index (χ2n) is 6.55. The second kappa shape index (κ2) is 19.9. The van der Waals surface area contributed by atoms with Crippen molar-refractivity contribution in [3.8, 4) is 0 Å². The zero-order chi connectivity index (χ0) is 23.5. The van der Waals surface area contributed by atoms with Crippen molar-refractivity contribution in [2.45, 2.75) is 6.42 Å². The molecule has 0 saturated carbocycles. The molecule has 0 aromatic heterocycles. The van der Waals surface area contributed by atoms with Crippen molar-refractivity contribution in [1.29, 1.82) is 0 Å². The predicted octanol–water partition coefficient (Wildman–Crippen LogP) is 0.718. The number of amides is 4. The van der Waals surface area contributed by atoms with E-state index in [1.54, 1.807) is 9.80 Å². The maximum Gasteiger partial charge on any atom is 0.232 e. The Morgan fingerprint density at radius 3 is 1.26 bits per heavy atom. The fourth-order valence-electron chi connectivity index (χ4n) is 2.63. The zero-order valence-electron chi connectivity index (χ0n) is 18.9. The van der Waals surface area contributed by atoms with Gasteiger partial charge in [-0.2, -0.15) is 47.0 Å². The predicted molar refractivity (Wildman–Crippen MR) is 137 cm³/mol. The van der Waals surface area contributed by atoms with Crippen molar-refractivity contribution in [2.75, 3.05) is 87.3 Å². The van der Waals surface area contributed by atoms with Crippen molar-refractivity contribution < 1.29 is 19.2 Å². The van der Waals surface area contributed by atoms with E-state index in [4.69, 9.17) is 0 Å². The maximum absolute atomic E-state index is 12.4. The number of hydrogen-bond donors (Lipinski definition) is 2. The first-order valence-corrected chi connectivity index (χ1v) is 15.5. The molecule has 0 spiro atoms. The molecular weight excluding hydrogens is 477 g/mol. The average molecular weight is 513 g/mol. The first-order chi connectivity index (χ1) is 14.9. The van der Waals surface area contributed by atoms with Crippen molar-refractivity contribution in [2.24, 2.45) is 0 Å². The van der Waals surface area contributed by atoms with E-state index in [-0.39, 0.29) is 23.6 Å². The number of carbonyl (C=O) groups is 4. The third-order valence-electron chi connectivity index (χ3n) is 4.06. The van der Waals surface area contributed by atoms with Gasteiger partial charge in [-0.3, -0.25) is 19.2 Å². The first kappa shape index (κ1) is 30.3. The standard InChI is InChI=1S/C19H36N4O4S4/c1-28-12-16(24)20-6-10-22(18(26)14-30-3)8-5-9-23(19(27)15-31-4)11-7-21-17(25)13-29-2/h5-15H2,1-4H3,(H,20,24)(H,21,25). The molecule has 0 heterocycles. The summed E-state index contributed by atoms with van der Waals surface area (Å²) < 4.78 is 0. The van der Waals surface area contributed by atoms with Gasteiger partial charge in [0.05, 0.1) is 23.0 Å². The van der Waals surface area contributed by atoms with Crippen LogP contribution in [0.2, 0.25) is 0 Å². The van der Waals surface area contributed by atoms with E-state index in [1.165, 1.54) is 47.0 Å². The second-order valence-corrected chi connectivity index (χ2v) is 10.0. The van der Waals surface area contributed by atoms with Gasteiger partial charge in [0.1, 0.15) is 0 Å². The molecule has 0 unspecified atom stereocenters. The summed E-state index contributed by atoms with van der Waals surface area (Å²) in [6, 6.07) is 0. The topological polar surface area (TPSA) is 98.8 Å². The molecule has 0 fully saturated rings. The SMILES string of the molecule is CSCC(=O)NCCN(CCCN(CCNC(=O)CSC)C(=O)CSC)C(=O)CSC. The molecule has 4 amide bonds. The summed E-state index contributed by atoms with van der Waals surface area (Å²) >= 11 is 5.84. The number of hydrogen-bond acceptors (Lipinski definition) is 8. The fraction of sp³-hybridized carbons (Fsp3) is 0.789. The normalized spacial score (nSPS) is 10.5. The number of carbonyl (C=O) groups excluding carboxylic acids is 4. The monoisotopic (exact) mass is 512 g/mol. The summed E-state index contributed by atoms with van der Waals surface area (Å²) in [5.41, 5.74) is 0. The van der Waals surface area contributed by atoms with Crippen LogP contribution in [-0.2, 0) is 19.2 Å². The maximum atomic E-state index is 12.4. The molecule has 0 aromatic carbocycles. The van der Waals surface area contributed by atoms with Gasteiger partial charge in [-0.1, -0.05) is 0 Å². The lowest BCUT2D eigenvalue weighted by atomic mass is 10.3. The minimum atomic E-state index is -0.0397. The third kappa shape index (κ3) is 15.7. The largest absolute Gasteiger partial charge is 0.354 e. The highest BCUT2D eigenvalue weighted by Crippen LogP contribution is 2.03. The van der Waals surface area contributed by atoms with E-state index in [0.29, 0.717) is 68.7 Å². The Kier molecular flexibility index (Phi) is 19.5. The van der Waals surface area contributed by atoms with Crippen LogP contribution in [0.5, 0.6) is 0 Å². The Labute approximate surface area is 203 Å². The van der Waals surface area contributed by atoms with Crippen LogP contribution in [0.1, 0.15) is 6.42 Å². The molecule has 2 N–H and O–H groups in total. The zero-order valence-corrected chi connectivity index (χ0v) is 22.2. The van der Waals surface area contributed by atoms with Gasteiger partial charge in [0.25, 0.3) is 0 Å². The van der Waals surface area contributed by atoms with E-state index in [1.807, 2.05) is 25.0 Å². The molecule has 8 nitrogen and oxygen atoms in total. The average Bonchev–Trinajstić information content (AvgIpc) is 2.72. The van der Waals surface area contributed by atoms with Gasteiger partial charge in [-0.05, 0) is 31.4 Å². The number of nitrogens with one attached hydrogen (secondary N) is 2. The molecular formula is C19H36N4O4S4. The Balaban J connectivity index is 4.68. The number of rotatable bonds is 18. The van der Waals surface area contributed by atoms with Crippen LogP contribution in [0.3, 0.4) is 0 Å². The Morgan fingerprint density at radius 2 is 0.935 bits per heavy atom. The highest BCUT2D eigenvalue weighted by Gasteiger charge is 2.16. The molecule has 0 aliphatic rings. The highest BCUT2D eigenvalue weighted by atomic mass is 32.2. The minimum absolute atomic E-state index is 0.0259. The molecule has 0 rings (SSSR count). The van der Waals surface area contributed by atoms with Gasteiger partial charge in [0, 0.05) is 39.3 Å². The van der Waals surface area contributed by atoms with Crippen LogP contribution < -0.4 is 10.6 Å². The summed E-state index contributed by atoms with van der Waals surface area (Å²) in [4.78, 5) is 51.6. The molecule has 31 heavy (non-hydrogen) atoms. The van der Waals surface area contributed by atoms with Crippen molar-refractivity contribution in [3.63, 3.8) is 0 Å². The molecule has 0 aliphatic carbocycles. The lowest BCUT2D eigenvalue weighted by Gasteiger charge is -2.26. The summed E-state index contributed by atoms with van der Waals surface area (Å²) in [5.74, 6) is 1.54. The van der Waals surface area contributed by atoms with Gasteiger partial charge >= 0.3 is 0 Å². The van der Waals surface area contributed by atoms with Gasteiger partial charge in [-0.25, -0.2) is 0 Å². The fourth-order valence-corrected chi connectivity index (χ4v) is 4.22. The van der Waals surface area contributed by atoms with E-state index < -0.39 is 0 Å². The van der Waals surface area contributed by atoms with Crippen molar-refractivity contribution >= 4 is 70.7 Å². The van der Waals surface area contributed by atoms with Crippen LogP contribution in [-0.4, -0.2) is 121 Å². The molecule has 12 heteroatoms. The summed E-state index contributed by atoms with van der Waals surface area (Å²) in [7, 11) is 0. The molecule has 180 valence electrons. The van der Waals surface area contributed by atoms with E-state index in [2.05, 4.69) is 10.6 Å². The molecule has 0 radical (unpaired) electrons. The molecule has 0 saturated heterocycles. The van der Waals surface area contributed by atoms with E-state index in [9.17, 15) is 19.2 Å². The quantitative estimate of drug-likeness (QED) is 0.277. The van der Waals surface area contributed by atoms with Crippen LogP contribution in [0.25, 0.3) is 0 Å². The van der Waals surface area contributed by atoms with Gasteiger partial charge in [0.15, 0.2) is 0 Å². The smallest absolute Gasteiger partial charge is 0.232 e. The van der Waals surface area contributed by atoms with Crippen molar-refractivity contribution in [3.05, 3.63) is 0 Å². The number of nitrogens with zero attached hydrogens (tertiary/aromatic N) is 2. The number of thioether (sulfide) groups is 4. The van der Waals surface area contributed by atoms with Crippen LogP contribution in [0, 0.1) is 0 Å². The summed E-state index contributed by atoms with van der Waals surface area (Å²) in [5, 5.41) is 5.65. The minimum Gasteiger partial charge on any atom is -0.354 e. The van der Waals surface area contributed by atoms with Crippen molar-refractivity contribution in [1.82, 2.24) is 20.4 Å². The Hall–Kier alpha value is -0.720. The van der Waals surface area contributed by atoms with Crippen LogP contribution in [0.15, 0.2) is 0 Å². The lowest BCUT2D eigenvalue weighted by molar-refractivity contribution is -0.130. The Bertz CT molecular complexity index is 509. The first-order valence-electron chi connectivity index (χ1n) is 9.94. The van der Waals surface area contributed by atoms with Crippen LogP contribution >= 0.6 is 47.0 Å².